The molecule has 0 spiro atoms. The van der Waals surface area contributed by atoms with Crippen LogP contribution in [0.25, 0.3) is 0 Å². The van der Waals surface area contributed by atoms with Crippen LogP contribution in [-0.2, 0) is 26.6 Å². The second-order valence-electron chi connectivity index (χ2n) is 7.21. The fourth-order valence-electron chi connectivity index (χ4n) is 3.04. The molecule has 0 fully saturated rings. The first kappa shape index (κ1) is 21.4. The maximum Gasteiger partial charge on any atom is 0.191 e. The van der Waals surface area contributed by atoms with E-state index in [0.29, 0.717) is 13.1 Å². The van der Waals surface area contributed by atoms with Crippen molar-refractivity contribution in [3.8, 4) is 5.75 Å². The van der Waals surface area contributed by atoms with E-state index in [-0.39, 0.29) is 0 Å². The Bertz CT molecular complexity index is 981. The van der Waals surface area contributed by atoms with E-state index in [1.165, 1.54) is 5.56 Å². The van der Waals surface area contributed by atoms with Crippen LogP contribution in [0, 0.1) is 13.8 Å². The van der Waals surface area contributed by atoms with Crippen molar-refractivity contribution in [2.75, 3.05) is 13.7 Å². The van der Waals surface area contributed by atoms with E-state index in [1.54, 1.807) is 7.11 Å². The summed E-state index contributed by atoms with van der Waals surface area (Å²) in [5.41, 5.74) is 3.52. The number of benzene rings is 2. The van der Waals surface area contributed by atoms with E-state index in [9.17, 15) is 0 Å². The van der Waals surface area contributed by atoms with E-state index in [1.807, 2.05) is 43.7 Å². The zero-order valence-corrected chi connectivity index (χ0v) is 18.1. The molecule has 0 aliphatic heterocycles. The summed E-state index contributed by atoms with van der Waals surface area (Å²) in [4.78, 5) is 4.74. The Morgan fingerprint density at radius 1 is 1.03 bits per heavy atom. The molecule has 0 aliphatic rings. The first-order valence-electron chi connectivity index (χ1n) is 10.1. The third-order valence-corrected chi connectivity index (χ3v) is 5.04. The Labute approximate surface area is 178 Å². The molecule has 0 radical (unpaired) electrons. The standard InChI is InChI=1S/C23H30N6O/c1-17-10-11-19(14-21(17)30-4)12-13-24-23(25-15-20-8-6-5-7-9-20)26-16-22-28-27-18(2)29(22)3/h5-11,14H,12-13,15-16H2,1-4H3,(H2,24,25,26). The molecule has 3 aromatic rings. The Morgan fingerprint density at radius 2 is 1.83 bits per heavy atom. The van der Waals surface area contributed by atoms with Crippen molar-refractivity contribution >= 4 is 5.96 Å². The molecule has 1 heterocycles. The Kier molecular flexibility index (Phi) is 7.43. The lowest BCUT2D eigenvalue weighted by Gasteiger charge is -2.13. The van der Waals surface area contributed by atoms with Crippen molar-refractivity contribution in [1.29, 1.82) is 0 Å². The number of aliphatic imine (C=N–C) groups is 1. The number of methoxy groups -OCH3 is 1. The van der Waals surface area contributed by atoms with Crippen LogP contribution < -0.4 is 15.4 Å². The van der Waals surface area contributed by atoms with Crippen LogP contribution in [0.4, 0.5) is 0 Å². The van der Waals surface area contributed by atoms with Gasteiger partial charge in [-0.25, -0.2) is 4.99 Å². The van der Waals surface area contributed by atoms with Crippen molar-refractivity contribution in [2.45, 2.75) is 33.4 Å². The topological polar surface area (TPSA) is 76.4 Å². The molecular formula is C23H30N6O. The summed E-state index contributed by atoms with van der Waals surface area (Å²) in [5.74, 6) is 3.42. The minimum absolute atomic E-state index is 0.552. The van der Waals surface area contributed by atoms with Crippen LogP contribution in [0.5, 0.6) is 5.75 Å². The summed E-state index contributed by atoms with van der Waals surface area (Å²) in [6.07, 6.45) is 0.867. The van der Waals surface area contributed by atoms with Gasteiger partial charge in [0.15, 0.2) is 11.8 Å². The summed E-state index contributed by atoms with van der Waals surface area (Å²) < 4.78 is 7.40. The molecule has 7 nitrogen and oxygen atoms in total. The second-order valence-corrected chi connectivity index (χ2v) is 7.21. The van der Waals surface area contributed by atoms with Gasteiger partial charge in [0.25, 0.3) is 0 Å². The molecule has 0 bridgehead atoms. The quantitative estimate of drug-likeness (QED) is 0.444. The second kappa shape index (κ2) is 10.4. The Morgan fingerprint density at radius 3 is 2.53 bits per heavy atom. The summed E-state index contributed by atoms with van der Waals surface area (Å²) in [7, 11) is 3.67. The Hall–Kier alpha value is -3.35. The average molecular weight is 407 g/mol. The number of nitrogens with zero attached hydrogens (tertiary/aromatic N) is 4. The molecule has 158 valence electrons. The molecule has 7 heteroatoms. The largest absolute Gasteiger partial charge is 0.496 e. The number of rotatable bonds is 8. The van der Waals surface area contributed by atoms with Crippen molar-refractivity contribution in [3.63, 3.8) is 0 Å². The monoisotopic (exact) mass is 406 g/mol. The van der Waals surface area contributed by atoms with Gasteiger partial charge in [0, 0.05) is 13.6 Å². The Balaban J connectivity index is 1.63. The van der Waals surface area contributed by atoms with E-state index in [2.05, 4.69) is 51.2 Å². The van der Waals surface area contributed by atoms with Gasteiger partial charge in [-0.2, -0.15) is 0 Å². The number of hydrogen-bond donors (Lipinski definition) is 2. The lowest BCUT2D eigenvalue weighted by atomic mass is 10.1. The maximum atomic E-state index is 5.43. The molecule has 0 unspecified atom stereocenters. The van der Waals surface area contributed by atoms with Gasteiger partial charge in [-0.15, -0.1) is 10.2 Å². The van der Waals surface area contributed by atoms with Crippen molar-refractivity contribution in [2.24, 2.45) is 12.0 Å². The van der Waals surface area contributed by atoms with Crippen LogP contribution in [0.1, 0.15) is 28.3 Å². The highest BCUT2D eigenvalue weighted by Gasteiger charge is 2.07. The number of guanidine groups is 1. The molecule has 0 saturated heterocycles. The fraction of sp³-hybridized carbons (Fsp3) is 0.348. The van der Waals surface area contributed by atoms with Crippen molar-refractivity contribution < 1.29 is 4.74 Å². The van der Waals surface area contributed by atoms with Crippen LogP contribution in [0.3, 0.4) is 0 Å². The summed E-state index contributed by atoms with van der Waals surface area (Å²) in [5, 5.41) is 15.1. The molecule has 0 aliphatic carbocycles. The minimum atomic E-state index is 0.552. The average Bonchev–Trinajstić information content (AvgIpc) is 3.09. The predicted octanol–water partition coefficient (Wildman–Crippen LogP) is 2.92. The van der Waals surface area contributed by atoms with Gasteiger partial charge in [0.1, 0.15) is 11.6 Å². The number of nitrogens with one attached hydrogen (secondary N) is 2. The molecule has 0 amide bonds. The smallest absolute Gasteiger partial charge is 0.191 e. The zero-order valence-electron chi connectivity index (χ0n) is 18.1. The van der Waals surface area contributed by atoms with E-state index >= 15 is 0 Å². The SMILES string of the molecule is COc1cc(CCNC(=NCc2ccccc2)NCc2nnc(C)n2C)ccc1C. The van der Waals surface area contributed by atoms with Gasteiger partial charge in [0.2, 0.25) is 0 Å². The molecule has 1 aromatic heterocycles. The van der Waals surface area contributed by atoms with E-state index in [0.717, 1.165) is 47.5 Å². The van der Waals surface area contributed by atoms with Gasteiger partial charge in [-0.05, 0) is 43.0 Å². The van der Waals surface area contributed by atoms with Gasteiger partial charge < -0.3 is 19.9 Å². The van der Waals surface area contributed by atoms with Gasteiger partial charge in [-0.1, -0.05) is 42.5 Å². The summed E-state index contributed by atoms with van der Waals surface area (Å²) >= 11 is 0. The lowest BCUT2D eigenvalue weighted by Crippen LogP contribution is -2.38. The number of ether oxygens (including phenoxy) is 1. The third-order valence-electron chi connectivity index (χ3n) is 5.04. The van der Waals surface area contributed by atoms with Crippen LogP contribution in [-0.4, -0.2) is 34.4 Å². The van der Waals surface area contributed by atoms with Crippen LogP contribution in [0.2, 0.25) is 0 Å². The van der Waals surface area contributed by atoms with Crippen molar-refractivity contribution in [1.82, 2.24) is 25.4 Å². The van der Waals surface area contributed by atoms with Crippen LogP contribution >= 0.6 is 0 Å². The molecule has 3 rings (SSSR count). The highest BCUT2D eigenvalue weighted by Crippen LogP contribution is 2.19. The summed E-state index contributed by atoms with van der Waals surface area (Å²) in [6.45, 7) is 5.90. The fourth-order valence-corrected chi connectivity index (χ4v) is 3.04. The van der Waals surface area contributed by atoms with Gasteiger partial charge in [0.05, 0.1) is 20.2 Å². The zero-order chi connectivity index (χ0) is 21.3. The van der Waals surface area contributed by atoms with Crippen molar-refractivity contribution in [3.05, 3.63) is 76.9 Å². The predicted molar refractivity (Wildman–Crippen MR) is 120 cm³/mol. The summed E-state index contributed by atoms with van der Waals surface area (Å²) in [6, 6.07) is 16.5. The number of hydrogen-bond acceptors (Lipinski definition) is 4. The maximum absolute atomic E-state index is 5.43. The normalized spacial score (nSPS) is 11.4. The number of aromatic nitrogens is 3. The molecule has 30 heavy (non-hydrogen) atoms. The molecule has 0 atom stereocenters. The first-order valence-corrected chi connectivity index (χ1v) is 10.1. The highest BCUT2D eigenvalue weighted by molar-refractivity contribution is 5.79. The molecule has 2 aromatic carbocycles. The third kappa shape index (κ3) is 5.83. The van der Waals surface area contributed by atoms with E-state index < -0.39 is 0 Å². The highest BCUT2D eigenvalue weighted by atomic mass is 16.5. The van der Waals surface area contributed by atoms with E-state index in [4.69, 9.17) is 9.73 Å². The minimum Gasteiger partial charge on any atom is -0.496 e. The molecule has 0 saturated carbocycles. The number of aryl methyl sites for hydroxylation is 2. The lowest BCUT2D eigenvalue weighted by molar-refractivity contribution is 0.411. The van der Waals surface area contributed by atoms with Crippen LogP contribution in [0.15, 0.2) is 53.5 Å². The van der Waals surface area contributed by atoms with Gasteiger partial charge in [-0.3, -0.25) is 0 Å². The molecular weight excluding hydrogens is 376 g/mol. The first-order chi connectivity index (χ1) is 14.6. The van der Waals surface area contributed by atoms with Gasteiger partial charge >= 0.3 is 0 Å². The molecule has 2 N–H and O–H groups in total.